The number of carbonyl (C=O) groups is 2. The maximum absolute atomic E-state index is 13.1. The molecule has 0 spiro atoms. The molecule has 0 atom stereocenters. The third-order valence-corrected chi connectivity index (χ3v) is 2.14. The number of Topliss-reactive ketones (excluding diaryl/α,β-unsaturated/α-hetero) is 1. The van der Waals surface area contributed by atoms with Crippen molar-refractivity contribution in [3.8, 4) is 0 Å². The zero-order valence-electron chi connectivity index (χ0n) is 10.3. The lowest BCUT2D eigenvalue weighted by Crippen LogP contribution is -2.14. The van der Waals surface area contributed by atoms with Crippen molar-refractivity contribution in [1.82, 2.24) is 0 Å². The fourth-order valence-electron chi connectivity index (χ4n) is 1.22. The molecule has 0 fully saturated rings. The Labute approximate surface area is 96.4 Å². The molecule has 0 aliphatic rings. The molecular formula is C12H21FO3. The summed E-state index contributed by atoms with van der Waals surface area (Å²) in [6, 6.07) is 0. The minimum absolute atomic E-state index is 0.00928. The zero-order chi connectivity index (χ0) is 12.6. The first-order valence-corrected chi connectivity index (χ1v) is 5.71. The van der Waals surface area contributed by atoms with Crippen LogP contribution in [0.5, 0.6) is 0 Å². The summed E-state index contributed by atoms with van der Waals surface area (Å²) in [6.45, 7) is 5.02. The summed E-state index contributed by atoms with van der Waals surface area (Å²) < 4.78 is 17.8. The number of esters is 1. The lowest BCUT2D eigenvalue weighted by atomic mass is 10.0. The van der Waals surface area contributed by atoms with Gasteiger partial charge in [-0.2, -0.15) is 0 Å². The molecule has 0 saturated heterocycles. The van der Waals surface area contributed by atoms with E-state index in [1.807, 2.05) is 0 Å². The first kappa shape index (κ1) is 15.1. The van der Waals surface area contributed by atoms with Crippen LogP contribution in [0.4, 0.5) is 4.39 Å². The quantitative estimate of drug-likeness (QED) is 0.604. The predicted molar refractivity (Wildman–Crippen MR) is 59.9 cm³/mol. The minimum Gasteiger partial charge on any atom is -0.466 e. The van der Waals surface area contributed by atoms with E-state index in [2.05, 4.69) is 0 Å². The van der Waals surface area contributed by atoms with E-state index in [1.165, 1.54) is 13.8 Å². The van der Waals surface area contributed by atoms with Gasteiger partial charge in [0.1, 0.15) is 11.5 Å². The van der Waals surface area contributed by atoms with Gasteiger partial charge in [0, 0.05) is 19.3 Å². The molecule has 0 rings (SSSR count). The van der Waals surface area contributed by atoms with Crippen LogP contribution in [0, 0.1) is 0 Å². The summed E-state index contributed by atoms with van der Waals surface area (Å²) in [6.07, 6.45) is 1.56. The summed E-state index contributed by atoms with van der Waals surface area (Å²) in [5.41, 5.74) is -1.29. The first-order chi connectivity index (χ1) is 7.35. The monoisotopic (exact) mass is 232 g/mol. The van der Waals surface area contributed by atoms with Gasteiger partial charge >= 0.3 is 5.97 Å². The number of carbonyl (C=O) groups excluding carboxylic acids is 2. The van der Waals surface area contributed by atoms with Crippen LogP contribution in [0.1, 0.15) is 52.9 Å². The molecule has 0 aliphatic heterocycles. The van der Waals surface area contributed by atoms with Crippen LogP contribution in [-0.2, 0) is 14.3 Å². The van der Waals surface area contributed by atoms with Crippen molar-refractivity contribution in [1.29, 1.82) is 0 Å². The fraction of sp³-hybridized carbons (Fsp3) is 0.833. The van der Waals surface area contributed by atoms with Crippen LogP contribution in [0.2, 0.25) is 0 Å². The van der Waals surface area contributed by atoms with E-state index in [0.717, 1.165) is 0 Å². The van der Waals surface area contributed by atoms with Gasteiger partial charge in [-0.15, -0.1) is 0 Å². The molecule has 0 amide bonds. The van der Waals surface area contributed by atoms with Gasteiger partial charge in [0.2, 0.25) is 0 Å². The lowest BCUT2D eigenvalue weighted by molar-refractivity contribution is -0.143. The molecule has 0 aliphatic carbocycles. The summed E-state index contributed by atoms with van der Waals surface area (Å²) in [5.74, 6) is -0.267. The van der Waals surface area contributed by atoms with Crippen LogP contribution in [0.25, 0.3) is 0 Å². The Bertz CT molecular complexity index is 231. The fourth-order valence-corrected chi connectivity index (χ4v) is 1.22. The molecule has 0 aromatic heterocycles. The van der Waals surface area contributed by atoms with Crippen molar-refractivity contribution in [3.05, 3.63) is 0 Å². The van der Waals surface area contributed by atoms with Gasteiger partial charge in [0.05, 0.1) is 6.61 Å². The highest BCUT2D eigenvalue weighted by molar-refractivity contribution is 5.79. The van der Waals surface area contributed by atoms with Crippen LogP contribution in [0.3, 0.4) is 0 Å². The molecular weight excluding hydrogens is 211 g/mol. The Morgan fingerprint density at radius 1 is 1.19 bits per heavy atom. The number of hydrogen-bond acceptors (Lipinski definition) is 3. The summed E-state index contributed by atoms with van der Waals surface area (Å²) in [5, 5.41) is 0. The van der Waals surface area contributed by atoms with E-state index in [1.54, 1.807) is 6.92 Å². The Hall–Kier alpha value is -0.930. The summed E-state index contributed by atoms with van der Waals surface area (Å²) in [4.78, 5) is 22.3. The highest BCUT2D eigenvalue weighted by Crippen LogP contribution is 2.17. The van der Waals surface area contributed by atoms with Gasteiger partial charge in [-0.25, -0.2) is 4.39 Å². The highest BCUT2D eigenvalue weighted by Gasteiger charge is 2.17. The second kappa shape index (κ2) is 7.36. The minimum atomic E-state index is -1.29. The van der Waals surface area contributed by atoms with Gasteiger partial charge < -0.3 is 4.74 Å². The Morgan fingerprint density at radius 3 is 2.31 bits per heavy atom. The molecule has 0 aromatic rings. The molecule has 94 valence electrons. The molecule has 0 bridgehead atoms. The number of hydrogen-bond donors (Lipinski definition) is 0. The van der Waals surface area contributed by atoms with Gasteiger partial charge in [0.25, 0.3) is 0 Å². The molecule has 4 heteroatoms. The van der Waals surface area contributed by atoms with E-state index < -0.39 is 5.67 Å². The molecule has 16 heavy (non-hydrogen) atoms. The molecule has 0 heterocycles. The Kier molecular flexibility index (Phi) is 6.93. The van der Waals surface area contributed by atoms with Gasteiger partial charge in [0.15, 0.2) is 0 Å². The third kappa shape index (κ3) is 9.62. The average Bonchev–Trinajstić information content (AvgIpc) is 2.14. The van der Waals surface area contributed by atoms with Gasteiger partial charge in [-0.1, -0.05) is 0 Å². The van der Waals surface area contributed by atoms with Crippen LogP contribution < -0.4 is 0 Å². The van der Waals surface area contributed by atoms with E-state index >= 15 is 0 Å². The third-order valence-electron chi connectivity index (χ3n) is 2.14. The molecule has 0 saturated carbocycles. The zero-order valence-corrected chi connectivity index (χ0v) is 10.3. The number of ketones is 1. The van der Waals surface area contributed by atoms with Crippen molar-refractivity contribution >= 4 is 11.8 Å². The summed E-state index contributed by atoms with van der Waals surface area (Å²) in [7, 11) is 0. The molecule has 0 unspecified atom stereocenters. The average molecular weight is 232 g/mol. The maximum Gasteiger partial charge on any atom is 0.305 e. The highest BCUT2D eigenvalue weighted by atomic mass is 19.1. The standard InChI is InChI=1S/C12H21FO3/c1-4-16-11(15)7-5-6-10(14)8-9-12(2,3)13/h4-9H2,1-3H3. The number of rotatable bonds is 8. The van der Waals surface area contributed by atoms with Crippen molar-refractivity contribution < 1.29 is 18.7 Å². The van der Waals surface area contributed by atoms with Crippen LogP contribution >= 0.6 is 0 Å². The summed E-state index contributed by atoms with van der Waals surface area (Å²) >= 11 is 0. The van der Waals surface area contributed by atoms with E-state index in [9.17, 15) is 14.0 Å². The van der Waals surface area contributed by atoms with E-state index in [0.29, 0.717) is 19.4 Å². The smallest absolute Gasteiger partial charge is 0.305 e. The number of halogens is 1. The second-order valence-electron chi connectivity index (χ2n) is 4.42. The largest absolute Gasteiger partial charge is 0.466 e. The normalized spacial score (nSPS) is 11.2. The van der Waals surface area contributed by atoms with Crippen molar-refractivity contribution in [3.63, 3.8) is 0 Å². The molecule has 3 nitrogen and oxygen atoms in total. The van der Waals surface area contributed by atoms with E-state index in [-0.39, 0.29) is 31.0 Å². The number of alkyl halides is 1. The molecule has 0 radical (unpaired) electrons. The van der Waals surface area contributed by atoms with E-state index in [4.69, 9.17) is 4.74 Å². The Balaban J connectivity index is 3.55. The van der Waals surface area contributed by atoms with Gasteiger partial charge in [-0.3, -0.25) is 9.59 Å². The first-order valence-electron chi connectivity index (χ1n) is 5.71. The number of ether oxygens (including phenoxy) is 1. The lowest BCUT2D eigenvalue weighted by Gasteiger charge is -2.12. The SMILES string of the molecule is CCOC(=O)CCCC(=O)CCC(C)(C)F. The van der Waals surface area contributed by atoms with Crippen LogP contribution in [0.15, 0.2) is 0 Å². The van der Waals surface area contributed by atoms with Crippen molar-refractivity contribution in [2.45, 2.75) is 58.5 Å². The Morgan fingerprint density at radius 2 is 1.81 bits per heavy atom. The second-order valence-corrected chi connectivity index (χ2v) is 4.42. The predicted octanol–water partition coefficient (Wildman–Crippen LogP) is 2.82. The van der Waals surface area contributed by atoms with Gasteiger partial charge in [-0.05, 0) is 33.6 Å². The van der Waals surface area contributed by atoms with Crippen molar-refractivity contribution in [2.75, 3.05) is 6.61 Å². The van der Waals surface area contributed by atoms with Crippen LogP contribution in [-0.4, -0.2) is 24.0 Å². The molecule has 0 aromatic carbocycles. The topological polar surface area (TPSA) is 43.4 Å². The van der Waals surface area contributed by atoms with Crippen molar-refractivity contribution in [2.24, 2.45) is 0 Å². The molecule has 0 N–H and O–H groups in total. The maximum atomic E-state index is 13.1.